The second-order valence-corrected chi connectivity index (χ2v) is 4.15. The van der Waals surface area contributed by atoms with Gasteiger partial charge in [0.25, 0.3) is 0 Å². The van der Waals surface area contributed by atoms with Gasteiger partial charge < -0.3 is 9.88 Å². The van der Waals surface area contributed by atoms with E-state index in [0.29, 0.717) is 12.3 Å². The lowest BCUT2D eigenvalue weighted by Gasteiger charge is -2.27. The van der Waals surface area contributed by atoms with E-state index in [4.69, 9.17) is 0 Å². The van der Waals surface area contributed by atoms with Gasteiger partial charge in [0.05, 0.1) is 0 Å². The third kappa shape index (κ3) is 2.22. The Bertz CT molecular complexity index is 343. The van der Waals surface area contributed by atoms with Gasteiger partial charge in [0, 0.05) is 37.8 Å². The molecule has 1 N–H and O–H groups in total. The summed E-state index contributed by atoms with van der Waals surface area (Å²) in [6, 6.07) is 2.08. The highest BCUT2D eigenvalue weighted by atomic mass is 16.2. The maximum atomic E-state index is 11.8. The summed E-state index contributed by atoms with van der Waals surface area (Å²) in [7, 11) is 0. The summed E-state index contributed by atoms with van der Waals surface area (Å²) in [5.41, 5.74) is 2.58. The number of hydrogen-bond acceptors (Lipinski definition) is 1. The predicted molar refractivity (Wildman–Crippen MR) is 59.4 cm³/mol. The van der Waals surface area contributed by atoms with Crippen molar-refractivity contribution < 1.29 is 4.79 Å². The Morgan fingerprint density at radius 2 is 2.47 bits per heavy atom. The summed E-state index contributed by atoms with van der Waals surface area (Å²) in [5.74, 6) is 0.309. The molecule has 0 atom stereocenters. The quantitative estimate of drug-likeness (QED) is 0.807. The maximum Gasteiger partial charge on any atom is 0.222 e. The van der Waals surface area contributed by atoms with E-state index in [1.54, 1.807) is 0 Å². The molecule has 1 aliphatic heterocycles. The fourth-order valence-electron chi connectivity index (χ4n) is 2.05. The standard InChI is InChI=1S/C12H18N2O/c1-2-3-4-12(15)14-8-6-11-10(9-14)5-7-13-11/h5,7,13H,2-4,6,8-9H2,1H3. The highest BCUT2D eigenvalue weighted by Crippen LogP contribution is 2.18. The van der Waals surface area contributed by atoms with Crippen molar-refractivity contribution in [1.82, 2.24) is 9.88 Å². The van der Waals surface area contributed by atoms with Crippen LogP contribution in [-0.4, -0.2) is 22.3 Å². The van der Waals surface area contributed by atoms with E-state index in [0.717, 1.165) is 32.4 Å². The molecule has 0 saturated carbocycles. The first-order chi connectivity index (χ1) is 7.31. The van der Waals surface area contributed by atoms with Gasteiger partial charge in [-0.05, 0) is 18.1 Å². The van der Waals surface area contributed by atoms with Crippen molar-refractivity contribution in [2.24, 2.45) is 0 Å². The number of unbranched alkanes of at least 4 members (excludes halogenated alkanes) is 1. The Morgan fingerprint density at radius 3 is 3.27 bits per heavy atom. The number of nitrogens with one attached hydrogen (secondary N) is 1. The molecule has 1 aromatic heterocycles. The van der Waals surface area contributed by atoms with E-state index >= 15 is 0 Å². The number of carbonyl (C=O) groups is 1. The van der Waals surface area contributed by atoms with Crippen LogP contribution >= 0.6 is 0 Å². The Balaban J connectivity index is 1.94. The van der Waals surface area contributed by atoms with Crippen LogP contribution in [0.5, 0.6) is 0 Å². The molecule has 82 valence electrons. The summed E-state index contributed by atoms with van der Waals surface area (Å²) >= 11 is 0. The first kappa shape index (κ1) is 10.3. The SMILES string of the molecule is CCCCC(=O)N1CCc2[nH]ccc2C1. The minimum atomic E-state index is 0.309. The lowest BCUT2D eigenvalue weighted by molar-refractivity contribution is -0.132. The van der Waals surface area contributed by atoms with Crippen molar-refractivity contribution >= 4 is 5.91 Å². The Morgan fingerprint density at radius 1 is 1.60 bits per heavy atom. The van der Waals surface area contributed by atoms with Gasteiger partial charge in [-0.3, -0.25) is 4.79 Å². The molecular formula is C12H18N2O. The van der Waals surface area contributed by atoms with Crippen molar-refractivity contribution in [2.45, 2.75) is 39.2 Å². The van der Waals surface area contributed by atoms with Crippen molar-refractivity contribution in [1.29, 1.82) is 0 Å². The van der Waals surface area contributed by atoms with Gasteiger partial charge in [-0.2, -0.15) is 0 Å². The molecule has 0 radical (unpaired) electrons. The van der Waals surface area contributed by atoms with Crippen LogP contribution in [0, 0.1) is 0 Å². The van der Waals surface area contributed by atoms with Crippen molar-refractivity contribution in [3.05, 3.63) is 23.5 Å². The lowest BCUT2D eigenvalue weighted by atomic mass is 10.1. The molecule has 1 amide bonds. The number of fused-ring (bicyclic) bond motifs is 1. The zero-order valence-electron chi connectivity index (χ0n) is 9.25. The number of amides is 1. The van der Waals surface area contributed by atoms with Crippen molar-refractivity contribution in [3.8, 4) is 0 Å². The molecule has 0 bridgehead atoms. The van der Waals surface area contributed by atoms with Crippen LogP contribution in [0.2, 0.25) is 0 Å². The highest BCUT2D eigenvalue weighted by molar-refractivity contribution is 5.76. The molecular weight excluding hydrogens is 188 g/mol. The third-order valence-corrected chi connectivity index (χ3v) is 3.02. The molecule has 3 heteroatoms. The number of aromatic amines is 1. The first-order valence-electron chi connectivity index (χ1n) is 5.74. The first-order valence-corrected chi connectivity index (χ1v) is 5.74. The van der Waals surface area contributed by atoms with Crippen LogP contribution in [0.3, 0.4) is 0 Å². The molecule has 15 heavy (non-hydrogen) atoms. The van der Waals surface area contributed by atoms with E-state index in [2.05, 4.69) is 18.0 Å². The van der Waals surface area contributed by atoms with E-state index in [1.807, 2.05) is 11.1 Å². The Labute approximate surface area is 90.5 Å². The minimum Gasteiger partial charge on any atom is -0.365 e. The zero-order chi connectivity index (χ0) is 10.7. The predicted octanol–water partition coefficient (Wildman–Crippen LogP) is 2.09. The van der Waals surface area contributed by atoms with Gasteiger partial charge in [-0.1, -0.05) is 13.3 Å². The average molecular weight is 206 g/mol. The lowest BCUT2D eigenvalue weighted by Crippen LogP contribution is -2.35. The molecule has 0 spiro atoms. The fourth-order valence-corrected chi connectivity index (χ4v) is 2.05. The molecule has 0 aliphatic carbocycles. The molecule has 2 rings (SSSR count). The second kappa shape index (κ2) is 4.51. The molecule has 1 aliphatic rings. The highest BCUT2D eigenvalue weighted by Gasteiger charge is 2.20. The molecule has 0 fully saturated rings. The largest absolute Gasteiger partial charge is 0.365 e. The topological polar surface area (TPSA) is 36.1 Å². The maximum absolute atomic E-state index is 11.8. The van der Waals surface area contributed by atoms with Crippen LogP contribution in [-0.2, 0) is 17.8 Å². The monoisotopic (exact) mass is 206 g/mol. The number of carbonyl (C=O) groups excluding carboxylic acids is 1. The number of nitrogens with zero attached hydrogens (tertiary/aromatic N) is 1. The third-order valence-electron chi connectivity index (χ3n) is 3.02. The average Bonchev–Trinajstić information content (AvgIpc) is 2.72. The van der Waals surface area contributed by atoms with Crippen LogP contribution in [0.4, 0.5) is 0 Å². The van der Waals surface area contributed by atoms with Crippen LogP contribution in [0.1, 0.15) is 37.4 Å². The van der Waals surface area contributed by atoms with E-state index in [-0.39, 0.29) is 0 Å². The molecule has 0 saturated heterocycles. The summed E-state index contributed by atoms with van der Waals surface area (Å²) in [5, 5.41) is 0. The van der Waals surface area contributed by atoms with E-state index in [1.165, 1.54) is 11.3 Å². The van der Waals surface area contributed by atoms with Crippen LogP contribution in [0.15, 0.2) is 12.3 Å². The summed E-state index contributed by atoms with van der Waals surface area (Å²) < 4.78 is 0. The number of hydrogen-bond donors (Lipinski definition) is 1. The fraction of sp³-hybridized carbons (Fsp3) is 0.583. The van der Waals surface area contributed by atoms with Gasteiger partial charge >= 0.3 is 0 Å². The van der Waals surface area contributed by atoms with Crippen molar-refractivity contribution in [3.63, 3.8) is 0 Å². The van der Waals surface area contributed by atoms with Crippen molar-refractivity contribution in [2.75, 3.05) is 6.54 Å². The zero-order valence-corrected chi connectivity index (χ0v) is 9.25. The van der Waals surface area contributed by atoms with E-state index in [9.17, 15) is 4.79 Å². The van der Waals surface area contributed by atoms with Gasteiger partial charge in [0.15, 0.2) is 0 Å². The molecule has 0 aromatic carbocycles. The number of rotatable bonds is 3. The Hall–Kier alpha value is -1.25. The smallest absolute Gasteiger partial charge is 0.222 e. The summed E-state index contributed by atoms with van der Waals surface area (Å²) in [4.78, 5) is 17.0. The second-order valence-electron chi connectivity index (χ2n) is 4.15. The van der Waals surface area contributed by atoms with E-state index < -0.39 is 0 Å². The van der Waals surface area contributed by atoms with Crippen LogP contribution in [0.25, 0.3) is 0 Å². The molecule has 3 nitrogen and oxygen atoms in total. The molecule has 2 heterocycles. The van der Waals surface area contributed by atoms with Gasteiger partial charge in [0.1, 0.15) is 0 Å². The number of H-pyrrole nitrogens is 1. The Kier molecular flexibility index (Phi) is 3.09. The molecule has 1 aromatic rings. The van der Waals surface area contributed by atoms with Crippen LogP contribution < -0.4 is 0 Å². The summed E-state index contributed by atoms with van der Waals surface area (Å²) in [6.45, 7) is 3.78. The summed E-state index contributed by atoms with van der Waals surface area (Å²) in [6.07, 6.45) is 5.74. The molecule has 0 unspecified atom stereocenters. The van der Waals surface area contributed by atoms with Gasteiger partial charge in [-0.25, -0.2) is 0 Å². The van der Waals surface area contributed by atoms with Gasteiger partial charge in [-0.15, -0.1) is 0 Å². The number of aromatic nitrogens is 1. The normalized spacial score (nSPS) is 15.1. The minimum absolute atomic E-state index is 0.309. The van der Waals surface area contributed by atoms with Gasteiger partial charge in [0.2, 0.25) is 5.91 Å².